The van der Waals surface area contributed by atoms with E-state index in [1.165, 1.54) is 24.3 Å². The predicted molar refractivity (Wildman–Crippen MR) is 86.1 cm³/mol. The molecule has 0 aromatic heterocycles. The Bertz CT molecular complexity index is 688. The van der Waals surface area contributed by atoms with Crippen LogP contribution in [0.3, 0.4) is 0 Å². The van der Waals surface area contributed by atoms with E-state index < -0.39 is 0 Å². The Hall–Kier alpha value is -1.50. The van der Waals surface area contributed by atoms with Crippen molar-refractivity contribution in [2.45, 2.75) is 19.9 Å². The van der Waals surface area contributed by atoms with Crippen LogP contribution in [0, 0.1) is 22.1 Å². The molecular formula is C16H14F2INO. The smallest absolute Gasteiger partial charge is 0.252 e. The van der Waals surface area contributed by atoms with Crippen LogP contribution in [0.5, 0.6) is 0 Å². The molecule has 2 nitrogen and oxygen atoms in total. The molecule has 0 fully saturated rings. The van der Waals surface area contributed by atoms with E-state index in [4.69, 9.17) is 0 Å². The normalized spacial score (nSPS) is 12.0. The van der Waals surface area contributed by atoms with E-state index in [1.807, 2.05) is 22.6 Å². The molecule has 0 spiro atoms. The third-order valence-electron chi connectivity index (χ3n) is 3.22. The van der Waals surface area contributed by atoms with Crippen molar-refractivity contribution in [3.8, 4) is 0 Å². The van der Waals surface area contributed by atoms with Gasteiger partial charge in [-0.2, -0.15) is 0 Å². The van der Waals surface area contributed by atoms with Gasteiger partial charge in [-0.15, -0.1) is 0 Å². The maximum absolute atomic E-state index is 13.6. The van der Waals surface area contributed by atoms with Crippen LogP contribution >= 0.6 is 22.6 Å². The van der Waals surface area contributed by atoms with Crippen molar-refractivity contribution in [1.29, 1.82) is 0 Å². The minimum Gasteiger partial charge on any atom is -0.345 e. The summed E-state index contributed by atoms with van der Waals surface area (Å²) in [6.07, 6.45) is 0. The quantitative estimate of drug-likeness (QED) is 0.761. The molecule has 1 amide bonds. The number of benzene rings is 2. The van der Waals surface area contributed by atoms with E-state index in [2.05, 4.69) is 5.32 Å². The number of nitrogens with one attached hydrogen (secondary N) is 1. The van der Waals surface area contributed by atoms with Gasteiger partial charge in [-0.25, -0.2) is 8.78 Å². The summed E-state index contributed by atoms with van der Waals surface area (Å²) in [5.74, 6) is -0.998. The van der Waals surface area contributed by atoms with Crippen LogP contribution in [0.2, 0.25) is 0 Å². The molecule has 1 unspecified atom stereocenters. The summed E-state index contributed by atoms with van der Waals surface area (Å²) in [6.45, 7) is 3.46. The molecule has 2 rings (SSSR count). The second kappa shape index (κ2) is 6.51. The highest BCUT2D eigenvalue weighted by atomic mass is 127. The zero-order valence-electron chi connectivity index (χ0n) is 11.6. The average molecular weight is 401 g/mol. The Kier molecular flexibility index (Phi) is 4.92. The summed E-state index contributed by atoms with van der Waals surface area (Å²) in [7, 11) is 0. The molecule has 2 aromatic rings. The largest absolute Gasteiger partial charge is 0.345 e. The minimum absolute atomic E-state index is 0.301. The minimum atomic E-state index is -0.385. The predicted octanol–water partition coefficient (Wildman–Crippen LogP) is 4.37. The van der Waals surface area contributed by atoms with Crippen LogP contribution < -0.4 is 5.32 Å². The number of halogens is 3. The number of carbonyl (C=O) groups excluding carboxylic acids is 1. The van der Waals surface area contributed by atoms with Crippen molar-refractivity contribution in [1.82, 2.24) is 5.32 Å². The van der Waals surface area contributed by atoms with Gasteiger partial charge in [-0.3, -0.25) is 4.79 Å². The van der Waals surface area contributed by atoms with Crippen LogP contribution in [0.25, 0.3) is 0 Å². The molecule has 0 saturated carbocycles. The fraction of sp³-hybridized carbons (Fsp3) is 0.188. The first-order chi connectivity index (χ1) is 9.88. The Morgan fingerprint density at radius 3 is 2.52 bits per heavy atom. The maximum atomic E-state index is 13.6. The van der Waals surface area contributed by atoms with Crippen LogP contribution in [0.4, 0.5) is 8.78 Å². The van der Waals surface area contributed by atoms with E-state index in [1.54, 1.807) is 26.0 Å². The van der Waals surface area contributed by atoms with Gasteiger partial charge in [0.05, 0.1) is 11.6 Å². The fourth-order valence-electron chi connectivity index (χ4n) is 1.91. The van der Waals surface area contributed by atoms with Gasteiger partial charge >= 0.3 is 0 Å². The summed E-state index contributed by atoms with van der Waals surface area (Å²) in [6, 6.07) is 8.51. The first-order valence-electron chi connectivity index (χ1n) is 6.40. The van der Waals surface area contributed by atoms with Gasteiger partial charge in [-0.05, 0) is 71.8 Å². The van der Waals surface area contributed by atoms with Gasteiger partial charge in [0.2, 0.25) is 0 Å². The molecule has 0 aliphatic heterocycles. The van der Waals surface area contributed by atoms with Crippen molar-refractivity contribution in [3.05, 3.63) is 68.3 Å². The number of amides is 1. The highest BCUT2D eigenvalue weighted by Gasteiger charge is 2.15. The fourth-order valence-corrected chi connectivity index (χ4v) is 2.63. The van der Waals surface area contributed by atoms with Gasteiger partial charge in [0.15, 0.2) is 0 Å². The van der Waals surface area contributed by atoms with Crippen LogP contribution in [-0.2, 0) is 0 Å². The van der Waals surface area contributed by atoms with Crippen LogP contribution in [0.1, 0.15) is 34.5 Å². The summed E-state index contributed by atoms with van der Waals surface area (Å²) in [5, 5.41) is 2.79. The second-order valence-electron chi connectivity index (χ2n) is 4.83. The monoisotopic (exact) mass is 401 g/mol. The van der Waals surface area contributed by atoms with Gasteiger partial charge in [0.1, 0.15) is 11.6 Å². The molecular weight excluding hydrogens is 387 g/mol. The van der Waals surface area contributed by atoms with Crippen LogP contribution in [-0.4, -0.2) is 5.91 Å². The zero-order chi connectivity index (χ0) is 15.6. The molecule has 2 aromatic carbocycles. The topological polar surface area (TPSA) is 29.1 Å². The summed E-state index contributed by atoms with van der Waals surface area (Å²) in [5.41, 5.74) is 1.64. The number of aryl methyl sites for hydroxylation is 1. The molecule has 0 bridgehead atoms. The second-order valence-corrected chi connectivity index (χ2v) is 5.99. The summed E-state index contributed by atoms with van der Waals surface area (Å²) >= 11 is 1.91. The Morgan fingerprint density at radius 1 is 1.19 bits per heavy atom. The van der Waals surface area contributed by atoms with E-state index in [-0.39, 0.29) is 23.6 Å². The molecule has 0 aliphatic carbocycles. The molecule has 0 saturated heterocycles. The lowest BCUT2D eigenvalue weighted by Crippen LogP contribution is -2.27. The molecule has 0 heterocycles. The van der Waals surface area contributed by atoms with E-state index in [0.717, 1.165) is 0 Å². The van der Waals surface area contributed by atoms with Gasteiger partial charge < -0.3 is 5.32 Å². The van der Waals surface area contributed by atoms with Crippen LogP contribution in [0.15, 0.2) is 36.4 Å². The maximum Gasteiger partial charge on any atom is 0.252 e. The molecule has 0 aliphatic rings. The van der Waals surface area contributed by atoms with Gasteiger partial charge in [0, 0.05) is 3.57 Å². The van der Waals surface area contributed by atoms with Crippen molar-refractivity contribution in [2.75, 3.05) is 0 Å². The standard InChI is InChI=1S/C16H14F2INO/c1-9-3-4-11(7-14(9)18)10(2)20-16(21)13-6-5-12(17)8-15(13)19/h3-8,10H,1-2H3,(H,20,21). The number of hydrogen-bond donors (Lipinski definition) is 1. The third-order valence-corrected chi connectivity index (χ3v) is 4.11. The highest BCUT2D eigenvalue weighted by Crippen LogP contribution is 2.19. The molecule has 5 heteroatoms. The molecule has 21 heavy (non-hydrogen) atoms. The van der Waals surface area contributed by atoms with Crippen molar-refractivity contribution >= 4 is 28.5 Å². The SMILES string of the molecule is Cc1ccc(C(C)NC(=O)c2ccc(F)cc2I)cc1F. The molecule has 110 valence electrons. The number of rotatable bonds is 3. The average Bonchev–Trinajstić information content (AvgIpc) is 2.41. The lowest BCUT2D eigenvalue weighted by Gasteiger charge is -2.15. The number of carbonyl (C=O) groups is 1. The van der Waals surface area contributed by atoms with E-state index in [0.29, 0.717) is 20.3 Å². The van der Waals surface area contributed by atoms with Gasteiger partial charge in [0.25, 0.3) is 5.91 Å². The molecule has 1 atom stereocenters. The first kappa shape index (κ1) is 15.9. The molecule has 1 N–H and O–H groups in total. The zero-order valence-corrected chi connectivity index (χ0v) is 13.7. The Labute approximate surface area is 135 Å². The lowest BCUT2D eigenvalue weighted by molar-refractivity contribution is 0.0939. The van der Waals surface area contributed by atoms with Crippen molar-refractivity contribution < 1.29 is 13.6 Å². The van der Waals surface area contributed by atoms with Crippen molar-refractivity contribution in [3.63, 3.8) is 0 Å². The third kappa shape index (κ3) is 3.78. The Balaban J connectivity index is 2.16. The summed E-state index contributed by atoms with van der Waals surface area (Å²) < 4.78 is 27.1. The van der Waals surface area contributed by atoms with E-state index in [9.17, 15) is 13.6 Å². The van der Waals surface area contributed by atoms with Gasteiger partial charge in [-0.1, -0.05) is 12.1 Å². The highest BCUT2D eigenvalue weighted by molar-refractivity contribution is 14.1. The van der Waals surface area contributed by atoms with E-state index >= 15 is 0 Å². The summed E-state index contributed by atoms with van der Waals surface area (Å²) in [4.78, 5) is 12.2. The lowest BCUT2D eigenvalue weighted by atomic mass is 10.1. The molecule has 0 radical (unpaired) electrons. The van der Waals surface area contributed by atoms with Crippen molar-refractivity contribution in [2.24, 2.45) is 0 Å². The Morgan fingerprint density at radius 2 is 1.90 bits per heavy atom. The number of hydrogen-bond acceptors (Lipinski definition) is 1. The first-order valence-corrected chi connectivity index (χ1v) is 7.48.